The Balaban J connectivity index is 0.00000300. The molecule has 1 saturated heterocycles. The van der Waals surface area contributed by atoms with Crippen LogP contribution >= 0.6 is 12.4 Å². The summed E-state index contributed by atoms with van der Waals surface area (Å²) < 4.78 is 19.2. The third-order valence-electron chi connectivity index (χ3n) is 4.60. The van der Waals surface area contributed by atoms with Crippen LogP contribution in [0.3, 0.4) is 0 Å². The number of rotatable bonds is 6. The van der Waals surface area contributed by atoms with Crippen LogP contribution in [0.15, 0.2) is 48.5 Å². The molecule has 1 heterocycles. The van der Waals surface area contributed by atoms with Crippen LogP contribution in [0, 0.1) is 5.82 Å². The Labute approximate surface area is 175 Å². The van der Waals surface area contributed by atoms with Gasteiger partial charge in [0.05, 0.1) is 11.3 Å². The zero-order valence-electron chi connectivity index (χ0n) is 16.1. The highest BCUT2D eigenvalue weighted by Crippen LogP contribution is 2.19. The maximum Gasteiger partial charge on any atom is 0.262 e. The summed E-state index contributed by atoms with van der Waals surface area (Å²) in [7, 11) is 0. The maximum atomic E-state index is 13.6. The number of para-hydroxylation sites is 2. The molecule has 2 unspecified atom stereocenters. The fourth-order valence-corrected chi connectivity index (χ4v) is 3.20. The summed E-state index contributed by atoms with van der Waals surface area (Å²) in [5.74, 6) is -0.950. The maximum absolute atomic E-state index is 13.6. The Bertz CT molecular complexity index is 849. The number of halogens is 2. The van der Waals surface area contributed by atoms with E-state index in [4.69, 9.17) is 4.74 Å². The second kappa shape index (κ2) is 10.8. The summed E-state index contributed by atoms with van der Waals surface area (Å²) in [6.45, 7) is 2.62. The van der Waals surface area contributed by atoms with Gasteiger partial charge in [0, 0.05) is 12.1 Å². The van der Waals surface area contributed by atoms with Crippen LogP contribution in [-0.2, 0) is 4.79 Å². The molecule has 1 aliphatic heterocycles. The first kappa shape index (κ1) is 22.6. The van der Waals surface area contributed by atoms with Crippen molar-refractivity contribution in [3.8, 4) is 5.75 Å². The van der Waals surface area contributed by atoms with Gasteiger partial charge in [-0.05, 0) is 50.6 Å². The highest BCUT2D eigenvalue weighted by Gasteiger charge is 2.22. The first-order valence-electron chi connectivity index (χ1n) is 9.33. The molecule has 2 aromatic carbocycles. The molecular formula is C21H25ClFN3O3. The van der Waals surface area contributed by atoms with Crippen molar-refractivity contribution in [1.29, 1.82) is 0 Å². The molecule has 0 bridgehead atoms. The van der Waals surface area contributed by atoms with Crippen molar-refractivity contribution in [3.05, 3.63) is 59.9 Å². The lowest BCUT2D eigenvalue weighted by molar-refractivity contribution is -0.118. The number of benzene rings is 2. The van der Waals surface area contributed by atoms with Gasteiger partial charge in [-0.15, -0.1) is 12.4 Å². The lowest BCUT2D eigenvalue weighted by atomic mass is 10.00. The van der Waals surface area contributed by atoms with E-state index in [1.807, 2.05) is 0 Å². The molecule has 2 atom stereocenters. The first-order chi connectivity index (χ1) is 13.5. The van der Waals surface area contributed by atoms with E-state index >= 15 is 0 Å². The van der Waals surface area contributed by atoms with Crippen molar-refractivity contribution < 1.29 is 18.7 Å². The molecular weight excluding hydrogens is 397 g/mol. The number of amides is 2. The third-order valence-corrected chi connectivity index (χ3v) is 4.60. The quantitative estimate of drug-likeness (QED) is 0.669. The van der Waals surface area contributed by atoms with E-state index in [2.05, 4.69) is 22.9 Å². The summed E-state index contributed by atoms with van der Waals surface area (Å²) in [5, 5.41) is 8.83. The third kappa shape index (κ3) is 6.44. The molecule has 2 aromatic rings. The van der Waals surface area contributed by atoms with Gasteiger partial charge in [0.1, 0.15) is 11.6 Å². The Morgan fingerprint density at radius 3 is 2.66 bits per heavy atom. The Morgan fingerprint density at radius 1 is 1.17 bits per heavy atom. The second-order valence-electron chi connectivity index (χ2n) is 6.86. The van der Waals surface area contributed by atoms with Crippen molar-refractivity contribution in [3.63, 3.8) is 0 Å². The zero-order valence-corrected chi connectivity index (χ0v) is 16.9. The fraction of sp³-hybridized carbons (Fsp3) is 0.333. The van der Waals surface area contributed by atoms with Crippen LogP contribution in [0.1, 0.15) is 30.1 Å². The largest absolute Gasteiger partial charge is 0.483 e. The highest BCUT2D eigenvalue weighted by molar-refractivity contribution is 5.97. The van der Waals surface area contributed by atoms with Crippen LogP contribution in [0.5, 0.6) is 5.75 Å². The van der Waals surface area contributed by atoms with Crippen LogP contribution in [0.2, 0.25) is 0 Å². The van der Waals surface area contributed by atoms with Gasteiger partial charge in [-0.2, -0.15) is 0 Å². The summed E-state index contributed by atoms with van der Waals surface area (Å²) >= 11 is 0. The number of carbonyl (C=O) groups excluding carboxylic acids is 2. The molecule has 3 rings (SSSR count). The molecule has 6 nitrogen and oxygen atoms in total. The van der Waals surface area contributed by atoms with Gasteiger partial charge in [0.25, 0.3) is 11.8 Å². The standard InChI is InChI=1S/C21H24FN3O3.ClH/c1-14-12-15(10-11-23-14)24-21(27)16-6-2-5-9-19(16)28-13-20(26)25-18-8-4-3-7-17(18)22;/h2-9,14-15,23H,10-13H2,1H3,(H,24,27)(H,25,26);1H. The van der Waals surface area contributed by atoms with Gasteiger partial charge in [0.2, 0.25) is 0 Å². The summed E-state index contributed by atoms with van der Waals surface area (Å²) in [5.41, 5.74) is 0.453. The average Bonchev–Trinajstić information content (AvgIpc) is 2.68. The van der Waals surface area contributed by atoms with E-state index in [9.17, 15) is 14.0 Å². The van der Waals surface area contributed by atoms with Gasteiger partial charge in [0.15, 0.2) is 6.61 Å². The minimum Gasteiger partial charge on any atom is -0.483 e. The van der Waals surface area contributed by atoms with Crippen LogP contribution in [0.4, 0.5) is 10.1 Å². The van der Waals surface area contributed by atoms with E-state index in [-0.39, 0.29) is 36.7 Å². The average molecular weight is 422 g/mol. The first-order valence-corrected chi connectivity index (χ1v) is 9.33. The Kier molecular flexibility index (Phi) is 8.42. The number of ether oxygens (including phenoxy) is 1. The Hall–Kier alpha value is -2.64. The molecule has 3 N–H and O–H groups in total. The number of hydrogen-bond donors (Lipinski definition) is 3. The van der Waals surface area contributed by atoms with Crippen molar-refractivity contribution in [2.45, 2.75) is 31.8 Å². The molecule has 0 aliphatic carbocycles. The topological polar surface area (TPSA) is 79.5 Å². The van der Waals surface area contributed by atoms with Crippen LogP contribution < -0.4 is 20.7 Å². The van der Waals surface area contributed by atoms with Crippen molar-refractivity contribution in [1.82, 2.24) is 10.6 Å². The molecule has 0 aromatic heterocycles. The van der Waals surface area contributed by atoms with E-state index in [1.54, 1.807) is 36.4 Å². The smallest absolute Gasteiger partial charge is 0.262 e. The van der Waals surface area contributed by atoms with E-state index < -0.39 is 11.7 Å². The number of nitrogens with one attached hydrogen (secondary N) is 3. The van der Waals surface area contributed by atoms with Gasteiger partial charge in [-0.3, -0.25) is 9.59 Å². The lowest BCUT2D eigenvalue weighted by Crippen LogP contribution is -2.46. The normalized spacial score (nSPS) is 18.3. The SMILES string of the molecule is CC1CC(NC(=O)c2ccccc2OCC(=O)Nc2ccccc2F)CCN1.Cl. The highest BCUT2D eigenvalue weighted by atomic mass is 35.5. The summed E-state index contributed by atoms with van der Waals surface area (Å²) in [6, 6.07) is 13.1. The van der Waals surface area contributed by atoms with Crippen LogP contribution in [0.25, 0.3) is 0 Å². The van der Waals surface area contributed by atoms with Gasteiger partial charge in [-0.25, -0.2) is 4.39 Å². The van der Waals surface area contributed by atoms with E-state index in [1.165, 1.54) is 12.1 Å². The lowest BCUT2D eigenvalue weighted by Gasteiger charge is -2.28. The molecule has 2 amide bonds. The number of anilines is 1. The summed E-state index contributed by atoms with van der Waals surface area (Å²) in [4.78, 5) is 24.7. The van der Waals surface area contributed by atoms with Crippen LogP contribution in [-0.4, -0.2) is 37.0 Å². The predicted octanol–water partition coefficient (Wildman–Crippen LogP) is 3.14. The predicted molar refractivity (Wildman–Crippen MR) is 112 cm³/mol. The van der Waals surface area contributed by atoms with Gasteiger partial charge < -0.3 is 20.7 Å². The molecule has 0 spiro atoms. The molecule has 0 radical (unpaired) electrons. The van der Waals surface area contributed by atoms with Gasteiger partial charge >= 0.3 is 0 Å². The number of carbonyl (C=O) groups is 2. The molecule has 0 saturated carbocycles. The molecule has 1 aliphatic rings. The van der Waals surface area contributed by atoms with E-state index in [0.717, 1.165) is 19.4 Å². The number of piperidine rings is 1. The van der Waals surface area contributed by atoms with E-state index in [0.29, 0.717) is 17.4 Å². The minimum absolute atomic E-state index is 0. The minimum atomic E-state index is -0.521. The van der Waals surface area contributed by atoms with Gasteiger partial charge in [-0.1, -0.05) is 24.3 Å². The van der Waals surface area contributed by atoms with Crippen molar-refractivity contribution in [2.24, 2.45) is 0 Å². The zero-order chi connectivity index (χ0) is 19.9. The molecule has 1 fully saturated rings. The Morgan fingerprint density at radius 2 is 1.90 bits per heavy atom. The molecule has 29 heavy (non-hydrogen) atoms. The molecule has 156 valence electrons. The summed E-state index contributed by atoms with van der Waals surface area (Å²) in [6.07, 6.45) is 1.73. The monoisotopic (exact) mass is 421 g/mol. The second-order valence-corrected chi connectivity index (χ2v) is 6.86. The van der Waals surface area contributed by atoms with Crippen molar-refractivity contribution in [2.75, 3.05) is 18.5 Å². The number of hydrogen-bond acceptors (Lipinski definition) is 4. The fourth-order valence-electron chi connectivity index (χ4n) is 3.20. The molecule has 8 heteroatoms. The van der Waals surface area contributed by atoms with Crippen molar-refractivity contribution >= 4 is 29.9 Å².